The monoisotopic (exact) mass is 538 g/mol. The highest BCUT2D eigenvalue weighted by molar-refractivity contribution is 6.46. The van der Waals surface area contributed by atoms with Crippen LogP contribution in [0.25, 0.3) is 5.76 Å². The van der Waals surface area contributed by atoms with Gasteiger partial charge in [-0.2, -0.15) is 0 Å². The van der Waals surface area contributed by atoms with E-state index in [1.807, 2.05) is 6.92 Å². The zero-order chi connectivity index (χ0) is 27.9. The van der Waals surface area contributed by atoms with Gasteiger partial charge in [0.25, 0.3) is 11.7 Å². The van der Waals surface area contributed by atoms with E-state index < -0.39 is 17.7 Å². The zero-order valence-electron chi connectivity index (χ0n) is 22.9. The molecule has 9 nitrogen and oxygen atoms in total. The maximum absolute atomic E-state index is 13.4. The van der Waals surface area contributed by atoms with Crippen molar-refractivity contribution in [1.82, 2.24) is 9.80 Å². The molecule has 1 amide bonds. The fourth-order valence-corrected chi connectivity index (χ4v) is 5.05. The van der Waals surface area contributed by atoms with Crippen molar-refractivity contribution in [3.63, 3.8) is 0 Å². The number of ketones is 1. The van der Waals surface area contributed by atoms with Gasteiger partial charge in [0.1, 0.15) is 11.5 Å². The standard InChI is InChI=1S/C30H38N2O7/c1-4-5-15-39-24-10-8-22(18-20(24)2)28(34)26-27(21-7-9-23(33)25(19-21)37-3)32(30(36)29(26)35)12-6-11-31-13-16-38-17-14-31/h7-10,18-19,27,33-34H,4-6,11-17H2,1-3H3/t27-/m1/s1. The fraction of sp³-hybridized carbons (Fsp3) is 0.467. The predicted octanol–water partition coefficient (Wildman–Crippen LogP) is 4.03. The van der Waals surface area contributed by atoms with Gasteiger partial charge in [0, 0.05) is 31.7 Å². The number of Topliss-reactive ketones (excluding diaryl/α,β-unsaturated/α-hetero) is 1. The molecule has 0 radical (unpaired) electrons. The molecule has 0 aliphatic carbocycles. The third-order valence-electron chi connectivity index (χ3n) is 7.24. The van der Waals surface area contributed by atoms with Gasteiger partial charge >= 0.3 is 0 Å². The molecule has 0 unspecified atom stereocenters. The molecular formula is C30H38N2O7. The lowest BCUT2D eigenvalue weighted by atomic mass is 9.94. The summed E-state index contributed by atoms with van der Waals surface area (Å²) in [5.74, 6) is -0.771. The number of hydrogen-bond donors (Lipinski definition) is 2. The molecule has 0 bridgehead atoms. The minimum absolute atomic E-state index is 0.0122. The van der Waals surface area contributed by atoms with Crippen LogP contribution >= 0.6 is 0 Å². The van der Waals surface area contributed by atoms with Gasteiger partial charge in [-0.25, -0.2) is 0 Å². The molecule has 0 saturated carbocycles. The van der Waals surface area contributed by atoms with E-state index in [1.165, 1.54) is 18.1 Å². The van der Waals surface area contributed by atoms with E-state index in [9.17, 15) is 19.8 Å². The highest BCUT2D eigenvalue weighted by Crippen LogP contribution is 2.42. The van der Waals surface area contributed by atoms with Crippen molar-refractivity contribution in [1.29, 1.82) is 0 Å². The maximum Gasteiger partial charge on any atom is 0.295 e. The number of hydrogen-bond acceptors (Lipinski definition) is 8. The molecule has 2 aliphatic rings. The van der Waals surface area contributed by atoms with Crippen molar-refractivity contribution in [2.24, 2.45) is 0 Å². The second kappa shape index (κ2) is 13.0. The molecule has 2 heterocycles. The highest BCUT2D eigenvalue weighted by atomic mass is 16.5. The largest absolute Gasteiger partial charge is 0.507 e. The molecule has 2 aromatic carbocycles. The Kier molecular flexibility index (Phi) is 9.48. The summed E-state index contributed by atoms with van der Waals surface area (Å²) >= 11 is 0. The van der Waals surface area contributed by atoms with Crippen molar-refractivity contribution < 1.29 is 34.0 Å². The number of rotatable bonds is 11. The molecule has 9 heteroatoms. The first-order chi connectivity index (χ1) is 18.8. The van der Waals surface area contributed by atoms with Gasteiger partial charge in [0.05, 0.1) is 38.5 Å². The minimum Gasteiger partial charge on any atom is -0.507 e. The van der Waals surface area contributed by atoms with Crippen LogP contribution in [0.4, 0.5) is 0 Å². The number of phenols is 1. The molecule has 2 aliphatic heterocycles. The predicted molar refractivity (Wildman–Crippen MR) is 147 cm³/mol. The number of likely N-dealkylation sites (tertiary alicyclic amines) is 1. The smallest absolute Gasteiger partial charge is 0.295 e. The molecule has 39 heavy (non-hydrogen) atoms. The Morgan fingerprint density at radius 1 is 1.05 bits per heavy atom. The Balaban J connectivity index is 1.68. The van der Waals surface area contributed by atoms with Crippen LogP contribution in [0.1, 0.15) is 48.9 Å². The average Bonchev–Trinajstić information content (AvgIpc) is 3.19. The Morgan fingerprint density at radius 2 is 1.82 bits per heavy atom. The quantitative estimate of drug-likeness (QED) is 0.191. The average molecular weight is 539 g/mol. The summed E-state index contributed by atoms with van der Waals surface area (Å²) in [6.45, 7) is 8.68. The Labute approximate surface area is 229 Å². The van der Waals surface area contributed by atoms with Gasteiger partial charge in [-0.15, -0.1) is 0 Å². The number of aryl methyl sites for hydroxylation is 1. The fourth-order valence-electron chi connectivity index (χ4n) is 5.05. The van der Waals surface area contributed by atoms with E-state index in [0.717, 1.165) is 38.0 Å². The van der Waals surface area contributed by atoms with Crippen LogP contribution in [-0.2, 0) is 14.3 Å². The number of nitrogens with zero attached hydrogens (tertiary/aromatic N) is 2. The van der Waals surface area contributed by atoms with E-state index in [0.29, 0.717) is 49.7 Å². The van der Waals surface area contributed by atoms with Gasteiger partial charge in [-0.3, -0.25) is 14.5 Å². The SMILES string of the molecule is CCCCOc1ccc(C(O)=C2C(=O)C(=O)N(CCCN3CCOCC3)[C@@H]2c2ccc(O)c(OC)c2)cc1C. The molecule has 2 aromatic rings. The van der Waals surface area contributed by atoms with Crippen LogP contribution in [0.15, 0.2) is 42.0 Å². The number of carbonyl (C=O) groups is 2. The third kappa shape index (κ3) is 6.37. The number of amides is 1. The van der Waals surface area contributed by atoms with Crippen molar-refractivity contribution >= 4 is 17.4 Å². The summed E-state index contributed by atoms with van der Waals surface area (Å²) in [7, 11) is 1.44. The van der Waals surface area contributed by atoms with Crippen LogP contribution in [-0.4, -0.2) is 84.8 Å². The summed E-state index contributed by atoms with van der Waals surface area (Å²) in [4.78, 5) is 30.5. The number of aliphatic hydroxyl groups excluding tert-OH is 1. The molecule has 2 N–H and O–H groups in total. The first kappa shape index (κ1) is 28.4. The number of ether oxygens (including phenoxy) is 3. The van der Waals surface area contributed by atoms with Gasteiger partial charge in [-0.05, 0) is 61.2 Å². The van der Waals surface area contributed by atoms with Gasteiger partial charge in [0.15, 0.2) is 11.5 Å². The van der Waals surface area contributed by atoms with Gasteiger partial charge in [-0.1, -0.05) is 19.4 Å². The summed E-state index contributed by atoms with van der Waals surface area (Å²) < 4.78 is 16.5. The van der Waals surface area contributed by atoms with Crippen LogP contribution < -0.4 is 9.47 Å². The zero-order valence-corrected chi connectivity index (χ0v) is 22.9. The number of morpholine rings is 1. The molecule has 210 valence electrons. The number of aromatic hydroxyl groups is 1. The first-order valence-corrected chi connectivity index (χ1v) is 13.5. The number of aliphatic hydroxyl groups is 1. The lowest BCUT2D eigenvalue weighted by Crippen LogP contribution is -2.38. The molecule has 1 atom stereocenters. The summed E-state index contributed by atoms with van der Waals surface area (Å²) in [6.07, 6.45) is 2.61. The lowest BCUT2D eigenvalue weighted by Gasteiger charge is -2.29. The van der Waals surface area contributed by atoms with Crippen LogP contribution in [0, 0.1) is 6.92 Å². The minimum atomic E-state index is -0.829. The third-order valence-corrected chi connectivity index (χ3v) is 7.24. The number of carbonyl (C=O) groups excluding carboxylic acids is 2. The van der Waals surface area contributed by atoms with E-state index in [2.05, 4.69) is 11.8 Å². The molecule has 4 rings (SSSR count). The topological polar surface area (TPSA) is 109 Å². The van der Waals surface area contributed by atoms with Crippen LogP contribution in [0.3, 0.4) is 0 Å². The number of methoxy groups -OCH3 is 1. The second-order valence-corrected chi connectivity index (χ2v) is 9.91. The van der Waals surface area contributed by atoms with Crippen molar-refractivity contribution in [3.8, 4) is 17.2 Å². The number of benzene rings is 2. The highest BCUT2D eigenvalue weighted by Gasteiger charge is 2.46. The summed E-state index contributed by atoms with van der Waals surface area (Å²) in [6, 6.07) is 9.12. The first-order valence-electron chi connectivity index (χ1n) is 13.5. The summed E-state index contributed by atoms with van der Waals surface area (Å²) in [5.41, 5.74) is 1.82. The normalized spacial score (nSPS) is 19.5. The Bertz CT molecular complexity index is 1220. The number of unbranched alkanes of at least 4 members (excludes halogenated alkanes) is 1. The Morgan fingerprint density at radius 3 is 2.51 bits per heavy atom. The van der Waals surface area contributed by atoms with Crippen LogP contribution in [0.5, 0.6) is 17.2 Å². The molecule has 0 aromatic heterocycles. The maximum atomic E-state index is 13.4. The summed E-state index contributed by atoms with van der Waals surface area (Å²) in [5, 5.41) is 21.6. The molecular weight excluding hydrogens is 500 g/mol. The van der Waals surface area contributed by atoms with Gasteiger partial charge < -0.3 is 29.3 Å². The molecule has 0 spiro atoms. The molecule has 2 fully saturated rings. The van der Waals surface area contributed by atoms with Crippen molar-refractivity contribution in [3.05, 3.63) is 58.7 Å². The van der Waals surface area contributed by atoms with Gasteiger partial charge in [0.2, 0.25) is 0 Å². The van der Waals surface area contributed by atoms with Crippen LogP contribution in [0.2, 0.25) is 0 Å². The van der Waals surface area contributed by atoms with E-state index in [-0.39, 0.29) is 22.8 Å². The van der Waals surface area contributed by atoms with Crippen molar-refractivity contribution in [2.75, 3.05) is 53.1 Å². The van der Waals surface area contributed by atoms with E-state index in [4.69, 9.17) is 14.2 Å². The lowest BCUT2D eigenvalue weighted by molar-refractivity contribution is -0.140. The second-order valence-electron chi connectivity index (χ2n) is 9.91. The van der Waals surface area contributed by atoms with E-state index >= 15 is 0 Å². The van der Waals surface area contributed by atoms with E-state index in [1.54, 1.807) is 30.3 Å². The molecule has 2 saturated heterocycles. The Hall–Kier alpha value is -3.56. The number of phenolic OH excluding ortho intramolecular Hbond substituents is 1. The van der Waals surface area contributed by atoms with Crippen molar-refractivity contribution in [2.45, 2.75) is 39.2 Å².